The van der Waals surface area contributed by atoms with Crippen molar-refractivity contribution in [1.29, 1.82) is 0 Å². The summed E-state index contributed by atoms with van der Waals surface area (Å²) in [6, 6.07) is 5.58. The van der Waals surface area contributed by atoms with E-state index in [-0.39, 0.29) is 12.5 Å². The Labute approximate surface area is 106 Å². The van der Waals surface area contributed by atoms with Crippen molar-refractivity contribution in [3.8, 4) is 0 Å². The number of aliphatic hydroxyl groups is 1. The smallest absolute Gasteiger partial charge is 0.242 e. The van der Waals surface area contributed by atoms with Gasteiger partial charge in [0.25, 0.3) is 0 Å². The molecule has 0 saturated carbocycles. The molecule has 0 radical (unpaired) electrons. The van der Waals surface area contributed by atoms with Crippen LogP contribution in [0.3, 0.4) is 0 Å². The summed E-state index contributed by atoms with van der Waals surface area (Å²) in [6.45, 7) is 0.404. The highest BCUT2D eigenvalue weighted by molar-refractivity contribution is 5.83. The fourth-order valence-corrected chi connectivity index (χ4v) is 1.74. The summed E-state index contributed by atoms with van der Waals surface area (Å²) in [5, 5.41) is 11.3. The molecular weight excluding hydrogens is 235 g/mol. The van der Waals surface area contributed by atoms with Gasteiger partial charge < -0.3 is 10.4 Å². The number of benzene rings is 1. The molecule has 1 rings (SSSR count). The standard InChI is InChI=1S/C13H19FN2O2/c1-16(2)12(13(18)15-8-5-9-17)10-6-3-4-7-11(10)14/h3-4,6-7,12,17H,5,8-9H2,1-2H3,(H,15,18)/t12-/m1/s1. The zero-order chi connectivity index (χ0) is 13.5. The van der Waals surface area contributed by atoms with Crippen LogP contribution in [0.1, 0.15) is 18.0 Å². The van der Waals surface area contributed by atoms with Crippen molar-refractivity contribution in [2.45, 2.75) is 12.5 Å². The maximum absolute atomic E-state index is 13.7. The molecule has 0 spiro atoms. The van der Waals surface area contributed by atoms with Gasteiger partial charge in [-0.2, -0.15) is 0 Å². The summed E-state index contributed by atoms with van der Waals surface area (Å²) in [5.41, 5.74) is 0.351. The molecule has 0 aliphatic carbocycles. The van der Waals surface area contributed by atoms with E-state index >= 15 is 0 Å². The van der Waals surface area contributed by atoms with E-state index < -0.39 is 11.9 Å². The van der Waals surface area contributed by atoms with Crippen LogP contribution >= 0.6 is 0 Å². The number of hydrogen-bond acceptors (Lipinski definition) is 3. The largest absolute Gasteiger partial charge is 0.396 e. The Morgan fingerprint density at radius 3 is 2.67 bits per heavy atom. The molecule has 0 bridgehead atoms. The monoisotopic (exact) mass is 254 g/mol. The van der Waals surface area contributed by atoms with Gasteiger partial charge in [0.1, 0.15) is 11.9 Å². The normalized spacial score (nSPS) is 12.5. The number of halogens is 1. The lowest BCUT2D eigenvalue weighted by molar-refractivity contribution is -0.125. The van der Waals surface area contributed by atoms with Crippen LogP contribution in [0.5, 0.6) is 0 Å². The lowest BCUT2D eigenvalue weighted by Crippen LogP contribution is -2.38. The van der Waals surface area contributed by atoms with Crippen LogP contribution in [0.2, 0.25) is 0 Å². The quantitative estimate of drug-likeness (QED) is 0.742. The summed E-state index contributed by atoms with van der Waals surface area (Å²) in [6.07, 6.45) is 0.489. The average molecular weight is 254 g/mol. The molecule has 2 N–H and O–H groups in total. The van der Waals surface area contributed by atoms with Gasteiger partial charge in [0, 0.05) is 18.7 Å². The minimum atomic E-state index is -0.662. The van der Waals surface area contributed by atoms with Crippen LogP contribution in [-0.2, 0) is 4.79 Å². The Morgan fingerprint density at radius 2 is 2.11 bits per heavy atom. The van der Waals surface area contributed by atoms with Crippen LogP contribution < -0.4 is 5.32 Å². The third-order valence-corrected chi connectivity index (χ3v) is 2.60. The molecule has 1 amide bonds. The van der Waals surface area contributed by atoms with Gasteiger partial charge >= 0.3 is 0 Å². The highest BCUT2D eigenvalue weighted by atomic mass is 19.1. The summed E-state index contributed by atoms with van der Waals surface area (Å²) < 4.78 is 13.7. The third kappa shape index (κ3) is 3.78. The number of likely N-dealkylation sites (N-methyl/N-ethyl adjacent to an activating group) is 1. The van der Waals surface area contributed by atoms with Crippen molar-refractivity contribution in [3.63, 3.8) is 0 Å². The lowest BCUT2D eigenvalue weighted by Gasteiger charge is -2.24. The fourth-order valence-electron chi connectivity index (χ4n) is 1.74. The van der Waals surface area contributed by atoms with Gasteiger partial charge in [-0.15, -0.1) is 0 Å². The van der Waals surface area contributed by atoms with Crippen molar-refractivity contribution in [2.24, 2.45) is 0 Å². The van der Waals surface area contributed by atoms with Crippen LogP contribution in [0.4, 0.5) is 4.39 Å². The first-order valence-electron chi connectivity index (χ1n) is 5.87. The zero-order valence-corrected chi connectivity index (χ0v) is 10.7. The molecule has 0 fully saturated rings. The maximum atomic E-state index is 13.7. The highest BCUT2D eigenvalue weighted by Gasteiger charge is 2.24. The van der Waals surface area contributed by atoms with E-state index in [2.05, 4.69) is 5.32 Å². The summed E-state index contributed by atoms with van der Waals surface area (Å²) >= 11 is 0. The first-order chi connectivity index (χ1) is 8.57. The predicted octanol–water partition coefficient (Wildman–Crippen LogP) is 0.927. The van der Waals surface area contributed by atoms with Gasteiger partial charge in [0.2, 0.25) is 5.91 Å². The molecule has 0 saturated heterocycles. The topological polar surface area (TPSA) is 52.6 Å². The van der Waals surface area contributed by atoms with Crippen molar-refractivity contribution < 1.29 is 14.3 Å². The Hall–Kier alpha value is -1.46. The molecule has 1 atom stereocenters. The maximum Gasteiger partial charge on any atom is 0.242 e. The second-order valence-corrected chi connectivity index (χ2v) is 4.26. The van der Waals surface area contributed by atoms with Crippen molar-refractivity contribution in [3.05, 3.63) is 35.6 Å². The van der Waals surface area contributed by atoms with Gasteiger partial charge in [0.15, 0.2) is 0 Å². The minimum Gasteiger partial charge on any atom is -0.396 e. The van der Waals surface area contributed by atoms with Crippen LogP contribution in [0.15, 0.2) is 24.3 Å². The van der Waals surface area contributed by atoms with E-state index in [4.69, 9.17) is 5.11 Å². The van der Waals surface area contributed by atoms with Gasteiger partial charge in [0.05, 0.1) is 0 Å². The highest BCUT2D eigenvalue weighted by Crippen LogP contribution is 2.21. The number of amides is 1. The van der Waals surface area contributed by atoms with Crippen LogP contribution in [0.25, 0.3) is 0 Å². The third-order valence-electron chi connectivity index (χ3n) is 2.60. The van der Waals surface area contributed by atoms with Crippen molar-refractivity contribution >= 4 is 5.91 Å². The first-order valence-corrected chi connectivity index (χ1v) is 5.87. The summed E-state index contributed by atoms with van der Waals surface area (Å²) in [4.78, 5) is 13.7. The van der Waals surface area contributed by atoms with E-state index in [0.29, 0.717) is 18.5 Å². The van der Waals surface area contributed by atoms with Gasteiger partial charge in [-0.05, 0) is 26.6 Å². The number of nitrogens with one attached hydrogen (secondary N) is 1. The van der Waals surface area contributed by atoms with Crippen LogP contribution in [-0.4, -0.2) is 43.2 Å². The van der Waals surface area contributed by atoms with Gasteiger partial charge in [-0.3, -0.25) is 9.69 Å². The zero-order valence-electron chi connectivity index (χ0n) is 10.7. The van der Waals surface area contributed by atoms with E-state index in [1.165, 1.54) is 6.07 Å². The Bertz CT molecular complexity index is 396. The molecule has 5 heteroatoms. The predicted molar refractivity (Wildman–Crippen MR) is 67.5 cm³/mol. The van der Waals surface area contributed by atoms with Crippen molar-refractivity contribution in [1.82, 2.24) is 10.2 Å². The number of rotatable bonds is 6. The Morgan fingerprint density at radius 1 is 1.44 bits per heavy atom. The van der Waals surface area contributed by atoms with E-state index in [0.717, 1.165) is 0 Å². The number of carbonyl (C=O) groups excluding carboxylic acids is 1. The SMILES string of the molecule is CN(C)[C@@H](C(=O)NCCCO)c1ccccc1F. The summed E-state index contributed by atoms with van der Waals surface area (Å²) in [7, 11) is 3.45. The summed E-state index contributed by atoms with van der Waals surface area (Å²) in [5.74, 6) is -0.660. The average Bonchev–Trinajstić information content (AvgIpc) is 2.32. The fraction of sp³-hybridized carbons (Fsp3) is 0.462. The molecule has 4 nitrogen and oxygen atoms in total. The molecule has 100 valence electrons. The Kier molecular flexibility index (Phi) is 5.74. The molecule has 0 unspecified atom stereocenters. The molecule has 18 heavy (non-hydrogen) atoms. The number of nitrogens with zero attached hydrogens (tertiary/aromatic N) is 1. The molecule has 0 aromatic heterocycles. The molecule has 0 aliphatic heterocycles. The molecule has 0 heterocycles. The molecule has 1 aromatic rings. The first kappa shape index (κ1) is 14.6. The molecule has 0 aliphatic rings. The van der Waals surface area contributed by atoms with E-state index in [9.17, 15) is 9.18 Å². The second kappa shape index (κ2) is 7.08. The van der Waals surface area contributed by atoms with Crippen molar-refractivity contribution in [2.75, 3.05) is 27.2 Å². The van der Waals surface area contributed by atoms with Gasteiger partial charge in [-0.1, -0.05) is 18.2 Å². The Balaban J connectivity index is 2.83. The van der Waals surface area contributed by atoms with Gasteiger partial charge in [-0.25, -0.2) is 4.39 Å². The van der Waals surface area contributed by atoms with Crippen LogP contribution in [0, 0.1) is 5.82 Å². The number of carbonyl (C=O) groups is 1. The van der Waals surface area contributed by atoms with E-state index in [1.807, 2.05) is 0 Å². The number of aliphatic hydroxyl groups excluding tert-OH is 1. The molecular formula is C13H19FN2O2. The second-order valence-electron chi connectivity index (χ2n) is 4.26. The minimum absolute atomic E-state index is 0.0204. The number of hydrogen-bond donors (Lipinski definition) is 2. The lowest BCUT2D eigenvalue weighted by atomic mass is 10.0. The molecule has 1 aromatic carbocycles. The van der Waals surface area contributed by atoms with E-state index in [1.54, 1.807) is 37.2 Å².